The van der Waals surface area contributed by atoms with Crippen molar-refractivity contribution in [3.63, 3.8) is 0 Å². The van der Waals surface area contributed by atoms with Crippen LogP contribution in [0.25, 0.3) is 0 Å². The molecule has 16 heavy (non-hydrogen) atoms. The molecule has 3 nitrogen and oxygen atoms in total. The van der Waals surface area contributed by atoms with Crippen LogP contribution in [0, 0.1) is 5.92 Å². The van der Waals surface area contributed by atoms with Gasteiger partial charge in [0.15, 0.2) is 0 Å². The number of carboxylic acid groups (broad SMARTS) is 1. The first-order valence-corrected chi connectivity index (χ1v) is 7.17. The van der Waals surface area contributed by atoms with E-state index in [1.807, 2.05) is 18.7 Å². The van der Waals surface area contributed by atoms with E-state index in [1.54, 1.807) is 6.92 Å². The molecule has 0 aromatic heterocycles. The summed E-state index contributed by atoms with van der Waals surface area (Å²) in [5, 5.41) is 12.2. The van der Waals surface area contributed by atoms with Crippen molar-refractivity contribution < 1.29 is 9.90 Å². The third kappa shape index (κ3) is 5.75. The summed E-state index contributed by atoms with van der Waals surface area (Å²) in [6, 6.07) is 0. The molecule has 4 heteroatoms. The molecule has 0 aliphatic rings. The van der Waals surface area contributed by atoms with Crippen LogP contribution >= 0.6 is 11.8 Å². The summed E-state index contributed by atoms with van der Waals surface area (Å²) in [5.74, 6) is 2.00. The molecule has 0 rings (SSSR count). The van der Waals surface area contributed by atoms with Gasteiger partial charge in [-0.25, -0.2) is 0 Å². The SMILES string of the molecule is CCNC(C)(CCSCC(C)CC)C(=O)O. The fraction of sp³-hybridized carbons (Fsp3) is 0.917. The molecule has 0 aliphatic heterocycles. The molecule has 0 heterocycles. The molecule has 2 atom stereocenters. The minimum absolute atomic E-state index is 0.678. The van der Waals surface area contributed by atoms with Gasteiger partial charge in [-0.05, 0) is 37.3 Å². The Balaban J connectivity index is 3.90. The van der Waals surface area contributed by atoms with Crippen LogP contribution in [0.3, 0.4) is 0 Å². The zero-order chi connectivity index (χ0) is 12.6. The second-order valence-electron chi connectivity index (χ2n) is 4.51. The van der Waals surface area contributed by atoms with Crippen LogP contribution in [-0.4, -0.2) is 34.7 Å². The van der Waals surface area contributed by atoms with E-state index in [1.165, 1.54) is 6.42 Å². The quantitative estimate of drug-likeness (QED) is 0.615. The Morgan fingerprint density at radius 1 is 1.50 bits per heavy atom. The molecule has 0 amide bonds. The number of carboxylic acids is 1. The Bertz CT molecular complexity index is 211. The van der Waals surface area contributed by atoms with E-state index >= 15 is 0 Å². The Hall–Kier alpha value is -0.220. The van der Waals surface area contributed by atoms with Crippen molar-refractivity contribution in [3.05, 3.63) is 0 Å². The number of carbonyl (C=O) groups is 1. The van der Waals surface area contributed by atoms with Gasteiger partial charge in [0.05, 0.1) is 0 Å². The largest absolute Gasteiger partial charge is 0.480 e. The Morgan fingerprint density at radius 2 is 2.12 bits per heavy atom. The number of nitrogens with one attached hydrogen (secondary N) is 1. The number of thioether (sulfide) groups is 1. The van der Waals surface area contributed by atoms with E-state index in [4.69, 9.17) is 5.11 Å². The standard InChI is InChI=1S/C12H25NO2S/c1-5-10(3)9-16-8-7-12(4,11(14)15)13-6-2/h10,13H,5-9H2,1-4H3,(H,14,15). The van der Waals surface area contributed by atoms with Crippen LogP contribution in [0.15, 0.2) is 0 Å². The van der Waals surface area contributed by atoms with Crippen LogP contribution in [0.2, 0.25) is 0 Å². The van der Waals surface area contributed by atoms with Crippen molar-refractivity contribution >= 4 is 17.7 Å². The second-order valence-corrected chi connectivity index (χ2v) is 5.66. The molecule has 0 radical (unpaired) electrons. The zero-order valence-corrected chi connectivity index (χ0v) is 11.7. The minimum Gasteiger partial charge on any atom is -0.480 e. The molecule has 0 fully saturated rings. The Labute approximate surface area is 103 Å². The number of likely N-dealkylation sites (N-methyl/N-ethyl adjacent to an activating group) is 1. The summed E-state index contributed by atoms with van der Waals surface area (Å²) in [6.07, 6.45) is 1.87. The number of hydrogen-bond donors (Lipinski definition) is 2. The van der Waals surface area contributed by atoms with Crippen molar-refractivity contribution in [1.29, 1.82) is 0 Å². The van der Waals surface area contributed by atoms with E-state index in [0.717, 1.165) is 17.4 Å². The van der Waals surface area contributed by atoms with Gasteiger partial charge in [0.2, 0.25) is 0 Å². The third-order valence-corrected chi connectivity index (χ3v) is 4.18. The van der Waals surface area contributed by atoms with Gasteiger partial charge < -0.3 is 10.4 Å². The summed E-state index contributed by atoms with van der Waals surface area (Å²) in [4.78, 5) is 11.1. The highest BCUT2D eigenvalue weighted by molar-refractivity contribution is 7.99. The zero-order valence-electron chi connectivity index (χ0n) is 10.9. The monoisotopic (exact) mass is 247 g/mol. The third-order valence-electron chi connectivity index (χ3n) is 2.88. The van der Waals surface area contributed by atoms with Crippen molar-refractivity contribution in [2.24, 2.45) is 5.92 Å². The van der Waals surface area contributed by atoms with E-state index in [9.17, 15) is 4.79 Å². The summed E-state index contributed by atoms with van der Waals surface area (Å²) in [7, 11) is 0. The molecule has 0 saturated carbocycles. The van der Waals surface area contributed by atoms with Crippen molar-refractivity contribution in [1.82, 2.24) is 5.32 Å². The van der Waals surface area contributed by atoms with Gasteiger partial charge in [0, 0.05) is 0 Å². The first kappa shape index (κ1) is 15.8. The molecule has 0 bridgehead atoms. The minimum atomic E-state index is -0.767. The predicted octanol–water partition coefficient (Wildman–Crippen LogP) is 2.61. The Morgan fingerprint density at radius 3 is 2.56 bits per heavy atom. The normalized spacial score (nSPS) is 16.8. The molecule has 0 aliphatic carbocycles. The lowest BCUT2D eigenvalue weighted by atomic mass is 9.99. The van der Waals surface area contributed by atoms with Gasteiger partial charge in [-0.3, -0.25) is 4.79 Å². The summed E-state index contributed by atoms with van der Waals surface area (Å²) < 4.78 is 0. The van der Waals surface area contributed by atoms with Crippen LogP contribution in [0.4, 0.5) is 0 Å². The number of aliphatic carboxylic acids is 1. The average Bonchev–Trinajstić information content (AvgIpc) is 2.24. The van der Waals surface area contributed by atoms with Gasteiger partial charge in [0.1, 0.15) is 5.54 Å². The molecular weight excluding hydrogens is 222 g/mol. The van der Waals surface area contributed by atoms with E-state index in [0.29, 0.717) is 13.0 Å². The highest BCUT2D eigenvalue weighted by Crippen LogP contribution is 2.17. The summed E-state index contributed by atoms with van der Waals surface area (Å²) in [5.41, 5.74) is -0.767. The molecule has 0 aromatic rings. The maximum Gasteiger partial charge on any atom is 0.323 e. The van der Waals surface area contributed by atoms with Crippen LogP contribution < -0.4 is 5.32 Å². The number of rotatable bonds is 9. The van der Waals surface area contributed by atoms with Gasteiger partial charge in [-0.15, -0.1) is 0 Å². The smallest absolute Gasteiger partial charge is 0.323 e. The highest BCUT2D eigenvalue weighted by atomic mass is 32.2. The average molecular weight is 247 g/mol. The van der Waals surface area contributed by atoms with Crippen molar-refractivity contribution in [3.8, 4) is 0 Å². The van der Waals surface area contributed by atoms with Gasteiger partial charge in [-0.2, -0.15) is 11.8 Å². The fourth-order valence-electron chi connectivity index (χ4n) is 1.34. The molecular formula is C12H25NO2S. The number of hydrogen-bond acceptors (Lipinski definition) is 3. The maximum atomic E-state index is 11.1. The van der Waals surface area contributed by atoms with Gasteiger partial charge in [0.25, 0.3) is 0 Å². The molecule has 0 saturated heterocycles. The molecule has 0 aromatic carbocycles. The molecule has 0 spiro atoms. The Kier molecular flexibility index (Phi) is 7.85. The van der Waals surface area contributed by atoms with Gasteiger partial charge in [-0.1, -0.05) is 27.2 Å². The first-order chi connectivity index (χ1) is 7.46. The van der Waals surface area contributed by atoms with Gasteiger partial charge >= 0.3 is 5.97 Å². The lowest BCUT2D eigenvalue weighted by molar-refractivity contribution is -0.144. The fourth-order valence-corrected chi connectivity index (χ4v) is 2.70. The highest BCUT2D eigenvalue weighted by Gasteiger charge is 2.31. The first-order valence-electron chi connectivity index (χ1n) is 6.02. The lowest BCUT2D eigenvalue weighted by Gasteiger charge is -2.25. The summed E-state index contributed by atoms with van der Waals surface area (Å²) >= 11 is 1.85. The topological polar surface area (TPSA) is 49.3 Å². The van der Waals surface area contributed by atoms with E-state index < -0.39 is 11.5 Å². The van der Waals surface area contributed by atoms with Crippen molar-refractivity contribution in [2.75, 3.05) is 18.1 Å². The van der Waals surface area contributed by atoms with Crippen LogP contribution in [0.5, 0.6) is 0 Å². The molecule has 2 unspecified atom stereocenters. The second kappa shape index (κ2) is 7.96. The van der Waals surface area contributed by atoms with Crippen molar-refractivity contribution in [2.45, 2.75) is 46.1 Å². The van der Waals surface area contributed by atoms with Crippen LogP contribution in [0.1, 0.15) is 40.5 Å². The maximum absolute atomic E-state index is 11.1. The van der Waals surface area contributed by atoms with E-state index in [-0.39, 0.29) is 0 Å². The lowest BCUT2D eigenvalue weighted by Crippen LogP contribution is -2.49. The van der Waals surface area contributed by atoms with E-state index in [2.05, 4.69) is 19.2 Å². The summed E-state index contributed by atoms with van der Waals surface area (Å²) in [6.45, 7) is 8.81. The van der Waals surface area contributed by atoms with Crippen LogP contribution in [-0.2, 0) is 4.79 Å². The predicted molar refractivity (Wildman–Crippen MR) is 71.1 cm³/mol. The molecule has 2 N–H and O–H groups in total. The molecule has 96 valence electrons.